The lowest BCUT2D eigenvalue weighted by atomic mass is 10.1. The van der Waals surface area contributed by atoms with Crippen LogP contribution in [0, 0.1) is 0 Å². The van der Waals surface area contributed by atoms with Gasteiger partial charge in [0.1, 0.15) is 0 Å². The van der Waals surface area contributed by atoms with Crippen molar-refractivity contribution >= 4 is 5.97 Å². The molecule has 0 radical (unpaired) electrons. The first-order valence-corrected chi connectivity index (χ1v) is 8.16. The average Bonchev–Trinajstić information content (AvgIpc) is 2.43. The summed E-state index contributed by atoms with van der Waals surface area (Å²) in [6, 6.07) is 0. The van der Waals surface area contributed by atoms with Gasteiger partial charge >= 0.3 is 5.97 Å². The zero-order valence-electron chi connectivity index (χ0n) is 13.2. The van der Waals surface area contributed by atoms with Crippen molar-refractivity contribution in [2.45, 2.75) is 77.6 Å². The summed E-state index contributed by atoms with van der Waals surface area (Å²) in [7, 11) is 0. The van der Waals surface area contributed by atoms with Gasteiger partial charge in [-0.1, -0.05) is 43.9 Å². The number of rotatable bonds is 14. The maximum absolute atomic E-state index is 10.5. The Hall–Kier alpha value is -1.05. The van der Waals surface area contributed by atoms with Crippen LogP contribution in [0.2, 0.25) is 0 Å². The Kier molecular flexibility index (Phi) is 15.2. The fourth-order valence-electron chi connectivity index (χ4n) is 2.07. The third-order valence-electron chi connectivity index (χ3n) is 3.27. The van der Waals surface area contributed by atoms with E-state index in [0.29, 0.717) is 6.61 Å². The third-order valence-corrected chi connectivity index (χ3v) is 3.27. The molecule has 0 spiro atoms. The highest BCUT2D eigenvalue weighted by Crippen LogP contribution is 2.09. The molecule has 0 saturated carbocycles. The van der Waals surface area contributed by atoms with E-state index in [1.165, 1.54) is 58.3 Å². The summed E-state index contributed by atoms with van der Waals surface area (Å²) in [6.45, 7) is 5.76. The monoisotopic (exact) mass is 280 g/mol. The SMILES string of the molecule is C=CCCCCCCCC/C=C/CCCCOC(C)=O. The number of ether oxygens (including phenoxy) is 1. The van der Waals surface area contributed by atoms with E-state index >= 15 is 0 Å². The molecule has 0 rings (SSSR count). The van der Waals surface area contributed by atoms with Crippen LogP contribution in [-0.2, 0) is 9.53 Å². The Morgan fingerprint density at radius 2 is 1.35 bits per heavy atom. The molecular formula is C18H32O2. The number of unbranched alkanes of at least 4 members (excludes halogenated alkanes) is 9. The van der Waals surface area contributed by atoms with Crippen molar-refractivity contribution in [3.8, 4) is 0 Å². The summed E-state index contributed by atoms with van der Waals surface area (Å²) in [6.07, 6.45) is 20.2. The molecule has 0 amide bonds. The van der Waals surface area contributed by atoms with Crippen LogP contribution >= 0.6 is 0 Å². The maximum Gasteiger partial charge on any atom is 0.302 e. The van der Waals surface area contributed by atoms with Gasteiger partial charge < -0.3 is 4.74 Å². The minimum atomic E-state index is -0.176. The third kappa shape index (κ3) is 16.9. The topological polar surface area (TPSA) is 26.3 Å². The Bertz CT molecular complexity index is 256. The van der Waals surface area contributed by atoms with Crippen LogP contribution in [0.5, 0.6) is 0 Å². The molecule has 0 heterocycles. The molecule has 0 aromatic heterocycles. The molecule has 2 nitrogen and oxygen atoms in total. The van der Waals surface area contributed by atoms with Crippen LogP contribution in [0.3, 0.4) is 0 Å². The summed E-state index contributed by atoms with van der Waals surface area (Å²) < 4.78 is 4.88. The van der Waals surface area contributed by atoms with Gasteiger partial charge in [-0.3, -0.25) is 4.79 Å². The first kappa shape index (κ1) is 18.9. The summed E-state index contributed by atoms with van der Waals surface area (Å²) in [5.74, 6) is -0.176. The van der Waals surface area contributed by atoms with Crippen LogP contribution < -0.4 is 0 Å². The van der Waals surface area contributed by atoms with Gasteiger partial charge in [-0.15, -0.1) is 6.58 Å². The minimum Gasteiger partial charge on any atom is -0.466 e. The van der Waals surface area contributed by atoms with E-state index in [0.717, 1.165) is 19.3 Å². The van der Waals surface area contributed by atoms with Gasteiger partial charge in [0.05, 0.1) is 6.61 Å². The van der Waals surface area contributed by atoms with Gasteiger partial charge in [0, 0.05) is 6.92 Å². The van der Waals surface area contributed by atoms with E-state index in [1.807, 2.05) is 6.08 Å². The average molecular weight is 280 g/mol. The molecular weight excluding hydrogens is 248 g/mol. The Balaban J connectivity index is 3.08. The lowest BCUT2D eigenvalue weighted by Crippen LogP contribution is -1.99. The molecule has 2 heteroatoms. The molecule has 0 unspecified atom stereocenters. The fraction of sp³-hybridized carbons (Fsp3) is 0.722. The zero-order valence-corrected chi connectivity index (χ0v) is 13.2. The number of esters is 1. The van der Waals surface area contributed by atoms with Crippen LogP contribution in [0.15, 0.2) is 24.8 Å². The van der Waals surface area contributed by atoms with Crippen LogP contribution in [-0.4, -0.2) is 12.6 Å². The molecule has 20 heavy (non-hydrogen) atoms. The smallest absolute Gasteiger partial charge is 0.302 e. The summed E-state index contributed by atoms with van der Waals surface area (Å²) >= 11 is 0. The molecule has 0 aliphatic rings. The lowest BCUT2D eigenvalue weighted by Gasteiger charge is -2.00. The van der Waals surface area contributed by atoms with E-state index in [-0.39, 0.29) is 5.97 Å². The quantitative estimate of drug-likeness (QED) is 0.236. The Morgan fingerprint density at radius 3 is 1.90 bits per heavy atom. The van der Waals surface area contributed by atoms with E-state index in [9.17, 15) is 4.79 Å². The van der Waals surface area contributed by atoms with Crippen molar-refractivity contribution in [3.05, 3.63) is 24.8 Å². The van der Waals surface area contributed by atoms with E-state index in [1.54, 1.807) is 0 Å². The lowest BCUT2D eigenvalue weighted by molar-refractivity contribution is -0.141. The highest BCUT2D eigenvalue weighted by atomic mass is 16.5. The number of carbonyl (C=O) groups excluding carboxylic acids is 1. The van der Waals surface area contributed by atoms with Crippen molar-refractivity contribution in [2.24, 2.45) is 0 Å². The van der Waals surface area contributed by atoms with Crippen molar-refractivity contribution in [1.29, 1.82) is 0 Å². The first-order valence-electron chi connectivity index (χ1n) is 8.16. The van der Waals surface area contributed by atoms with Crippen LogP contribution in [0.1, 0.15) is 77.6 Å². The predicted octanol–water partition coefficient (Wildman–Crippen LogP) is 5.58. The number of allylic oxidation sites excluding steroid dienone is 3. The predicted molar refractivity (Wildman–Crippen MR) is 86.8 cm³/mol. The molecule has 0 aliphatic heterocycles. The van der Waals surface area contributed by atoms with Crippen molar-refractivity contribution < 1.29 is 9.53 Å². The molecule has 0 aromatic rings. The fourth-order valence-corrected chi connectivity index (χ4v) is 2.07. The molecule has 0 aliphatic carbocycles. The molecule has 116 valence electrons. The number of hydrogen-bond donors (Lipinski definition) is 0. The molecule has 0 saturated heterocycles. The van der Waals surface area contributed by atoms with Gasteiger partial charge in [0.25, 0.3) is 0 Å². The standard InChI is InChI=1S/C18H32O2/c1-3-4-5-6-7-8-9-10-11-12-13-14-15-16-17-20-18(2)19/h3,12-13H,1,4-11,14-17H2,2H3/b13-12+. The van der Waals surface area contributed by atoms with Crippen molar-refractivity contribution in [1.82, 2.24) is 0 Å². The van der Waals surface area contributed by atoms with Crippen molar-refractivity contribution in [3.63, 3.8) is 0 Å². The second kappa shape index (κ2) is 16.0. The summed E-state index contributed by atoms with van der Waals surface area (Å²) in [4.78, 5) is 10.5. The first-order chi connectivity index (χ1) is 9.77. The minimum absolute atomic E-state index is 0.176. The summed E-state index contributed by atoms with van der Waals surface area (Å²) in [5.41, 5.74) is 0. The van der Waals surface area contributed by atoms with Gasteiger partial charge in [-0.2, -0.15) is 0 Å². The van der Waals surface area contributed by atoms with Gasteiger partial charge in [0.2, 0.25) is 0 Å². The highest BCUT2D eigenvalue weighted by molar-refractivity contribution is 5.65. The second-order valence-corrected chi connectivity index (χ2v) is 5.29. The number of hydrogen-bond acceptors (Lipinski definition) is 2. The van der Waals surface area contributed by atoms with Gasteiger partial charge in [0.15, 0.2) is 0 Å². The number of carbonyl (C=O) groups is 1. The molecule has 0 N–H and O–H groups in total. The van der Waals surface area contributed by atoms with Crippen LogP contribution in [0.4, 0.5) is 0 Å². The molecule has 0 aromatic carbocycles. The van der Waals surface area contributed by atoms with Crippen molar-refractivity contribution in [2.75, 3.05) is 6.61 Å². The zero-order chi connectivity index (χ0) is 14.9. The molecule has 0 fully saturated rings. The maximum atomic E-state index is 10.5. The molecule has 0 atom stereocenters. The normalized spacial score (nSPS) is 10.8. The second-order valence-electron chi connectivity index (χ2n) is 5.29. The highest BCUT2D eigenvalue weighted by Gasteiger charge is 1.92. The van der Waals surface area contributed by atoms with E-state index in [2.05, 4.69) is 18.7 Å². The Morgan fingerprint density at radius 1 is 0.850 bits per heavy atom. The van der Waals surface area contributed by atoms with E-state index in [4.69, 9.17) is 4.74 Å². The van der Waals surface area contributed by atoms with Crippen LogP contribution in [0.25, 0.3) is 0 Å². The largest absolute Gasteiger partial charge is 0.466 e. The van der Waals surface area contributed by atoms with Gasteiger partial charge in [-0.05, 0) is 44.9 Å². The summed E-state index contributed by atoms with van der Waals surface area (Å²) in [5, 5.41) is 0. The molecule has 0 bridgehead atoms. The van der Waals surface area contributed by atoms with Gasteiger partial charge in [-0.25, -0.2) is 0 Å². The Labute approximate surface area is 125 Å². The van der Waals surface area contributed by atoms with E-state index < -0.39 is 0 Å².